The van der Waals surface area contributed by atoms with Gasteiger partial charge in [0.15, 0.2) is 0 Å². The lowest BCUT2D eigenvalue weighted by Gasteiger charge is -2.03. The second kappa shape index (κ2) is 5.95. The van der Waals surface area contributed by atoms with Crippen molar-refractivity contribution in [1.29, 1.82) is 0 Å². The van der Waals surface area contributed by atoms with Gasteiger partial charge in [-0.25, -0.2) is 0 Å². The molecule has 3 nitrogen and oxygen atoms in total. The molecule has 2 aromatic heterocycles. The predicted molar refractivity (Wildman–Crippen MR) is 96.8 cm³/mol. The standard InChI is InChI=1S/C18H17ClN2OS/c1-10(2)9-14-11(3)20-21(12(14)4)18(22)17-16(19)13-7-5-6-8-15(13)23-17/h5-8H,1,9H2,2-4H3. The number of nitrogens with zero attached hydrogens (tertiary/aromatic N) is 2. The molecule has 0 unspecified atom stereocenters. The number of benzene rings is 1. The van der Waals surface area contributed by atoms with E-state index in [1.165, 1.54) is 16.0 Å². The van der Waals surface area contributed by atoms with Gasteiger partial charge in [-0.2, -0.15) is 9.78 Å². The number of thiophene rings is 1. The Bertz CT molecular complexity index is 936. The van der Waals surface area contributed by atoms with E-state index >= 15 is 0 Å². The maximum Gasteiger partial charge on any atom is 0.290 e. The van der Waals surface area contributed by atoms with Crippen LogP contribution in [0.25, 0.3) is 10.1 Å². The van der Waals surface area contributed by atoms with Crippen LogP contribution in [0, 0.1) is 13.8 Å². The molecule has 0 saturated heterocycles. The summed E-state index contributed by atoms with van der Waals surface area (Å²) in [6.07, 6.45) is 0.727. The Morgan fingerprint density at radius 3 is 2.70 bits per heavy atom. The number of aromatic nitrogens is 2. The molecular formula is C18H17ClN2OS. The number of carbonyl (C=O) groups is 1. The molecule has 0 aliphatic heterocycles. The highest BCUT2D eigenvalue weighted by Crippen LogP contribution is 2.36. The maximum absolute atomic E-state index is 12.9. The van der Waals surface area contributed by atoms with E-state index in [1.807, 2.05) is 45.0 Å². The number of hydrogen-bond donors (Lipinski definition) is 0. The Morgan fingerprint density at radius 1 is 1.35 bits per heavy atom. The van der Waals surface area contributed by atoms with Gasteiger partial charge in [0.1, 0.15) is 4.88 Å². The monoisotopic (exact) mass is 344 g/mol. The number of allylic oxidation sites excluding steroid dienone is 1. The molecule has 5 heteroatoms. The van der Waals surface area contributed by atoms with Gasteiger partial charge in [-0.05, 0) is 33.3 Å². The molecule has 0 saturated carbocycles. The zero-order valence-corrected chi connectivity index (χ0v) is 14.9. The summed E-state index contributed by atoms with van der Waals surface area (Å²) in [6, 6.07) is 7.76. The van der Waals surface area contributed by atoms with E-state index < -0.39 is 0 Å². The van der Waals surface area contributed by atoms with Gasteiger partial charge in [0.05, 0.1) is 10.7 Å². The Morgan fingerprint density at radius 2 is 2.04 bits per heavy atom. The van der Waals surface area contributed by atoms with E-state index in [0.29, 0.717) is 9.90 Å². The quantitative estimate of drug-likeness (QED) is 0.614. The lowest BCUT2D eigenvalue weighted by molar-refractivity contribution is 0.0946. The van der Waals surface area contributed by atoms with Crippen LogP contribution in [0.4, 0.5) is 0 Å². The Kier molecular flexibility index (Phi) is 4.13. The molecule has 0 fully saturated rings. The first kappa shape index (κ1) is 16.0. The van der Waals surface area contributed by atoms with Crippen molar-refractivity contribution < 1.29 is 4.79 Å². The number of halogens is 1. The Balaban J connectivity index is 2.09. The van der Waals surface area contributed by atoms with Gasteiger partial charge in [0, 0.05) is 21.3 Å². The number of fused-ring (bicyclic) bond motifs is 1. The average Bonchev–Trinajstić information content (AvgIpc) is 2.99. The van der Waals surface area contributed by atoms with E-state index in [1.54, 1.807) is 0 Å². The largest absolute Gasteiger partial charge is 0.290 e. The minimum Gasteiger partial charge on any atom is -0.266 e. The van der Waals surface area contributed by atoms with Crippen molar-refractivity contribution in [2.24, 2.45) is 0 Å². The highest BCUT2D eigenvalue weighted by atomic mass is 35.5. The number of carbonyl (C=O) groups excluding carboxylic acids is 1. The van der Waals surface area contributed by atoms with Gasteiger partial charge < -0.3 is 0 Å². The van der Waals surface area contributed by atoms with Crippen LogP contribution in [-0.4, -0.2) is 15.7 Å². The third kappa shape index (κ3) is 2.73. The molecule has 3 aromatic rings. The lowest BCUT2D eigenvalue weighted by Crippen LogP contribution is -2.14. The zero-order chi connectivity index (χ0) is 16.7. The molecule has 0 N–H and O–H groups in total. The van der Waals surface area contributed by atoms with E-state index in [0.717, 1.165) is 39.0 Å². The van der Waals surface area contributed by atoms with Crippen molar-refractivity contribution in [1.82, 2.24) is 9.78 Å². The van der Waals surface area contributed by atoms with E-state index in [9.17, 15) is 4.79 Å². The number of hydrogen-bond acceptors (Lipinski definition) is 3. The van der Waals surface area contributed by atoms with Crippen molar-refractivity contribution in [2.75, 3.05) is 0 Å². The zero-order valence-electron chi connectivity index (χ0n) is 13.3. The molecule has 3 rings (SSSR count). The molecule has 2 heterocycles. The molecule has 0 radical (unpaired) electrons. The summed E-state index contributed by atoms with van der Waals surface area (Å²) in [6.45, 7) is 9.75. The van der Waals surface area contributed by atoms with Crippen LogP contribution in [0.15, 0.2) is 36.4 Å². The third-order valence-corrected chi connectivity index (χ3v) is 5.50. The number of aryl methyl sites for hydroxylation is 1. The highest BCUT2D eigenvalue weighted by Gasteiger charge is 2.22. The SMILES string of the molecule is C=C(C)Cc1c(C)nn(C(=O)c2sc3ccccc3c2Cl)c1C. The second-order valence-corrected chi connectivity index (χ2v) is 7.17. The summed E-state index contributed by atoms with van der Waals surface area (Å²) in [5.41, 5.74) is 3.81. The van der Waals surface area contributed by atoms with Crippen LogP contribution in [0.2, 0.25) is 5.02 Å². The number of rotatable bonds is 3. The van der Waals surface area contributed by atoms with Crippen LogP contribution >= 0.6 is 22.9 Å². The summed E-state index contributed by atoms with van der Waals surface area (Å²) in [5, 5.41) is 5.84. The fourth-order valence-electron chi connectivity index (χ4n) is 2.68. The fourth-order valence-corrected chi connectivity index (χ4v) is 4.12. The minimum atomic E-state index is -0.176. The molecule has 0 atom stereocenters. The lowest BCUT2D eigenvalue weighted by atomic mass is 10.1. The van der Waals surface area contributed by atoms with Crippen LogP contribution in [0.5, 0.6) is 0 Å². The van der Waals surface area contributed by atoms with Crippen LogP contribution in [0.3, 0.4) is 0 Å². The van der Waals surface area contributed by atoms with E-state index in [2.05, 4.69) is 11.7 Å². The molecule has 118 valence electrons. The second-order valence-electron chi connectivity index (χ2n) is 5.74. The topological polar surface area (TPSA) is 34.9 Å². The van der Waals surface area contributed by atoms with Gasteiger partial charge in [-0.3, -0.25) is 4.79 Å². The van der Waals surface area contributed by atoms with Crippen molar-refractivity contribution in [3.05, 3.63) is 63.3 Å². The molecular weight excluding hydrogens is 328 g/mol. The Hall–Kier alpha value is -1.91. The predicted octanol–water partition coefficient (Wildman–Crippen LogP) is 5.18. The highest BCUT2D eigenvalue weighted by molar-refractivity contribution is 7.21. The maximum atomic E-state index is 12.9. The smallest absolute Gasteiger partial charge is 0.266 e. The minimum absolute atomic E-state index is 0.176. The van der Waals surface area contributed by atoms with Gasteiger partial charge >= 0.3 is 0 Å². The van der Waals surface area contributed by atoms with Crippen LogP contribution < -0.4 is 0 Å². The van der Waals surface area contributed by atoms with E-state index in [-0.39, 0.29) is 5.91 Å². The van der Waals surface area contributed by atoms with Gasteiger partial charge in [0.2, 0.25) is 0 Å². The molecule has 0 aliphatic rings. The first-order valence-electron chi connectivity index (χ1n) is 7.31. The molecule has 0 spiro atoms. The average molecular weight is 345 g/mol. The molecule has 0 amide bonds. The van der Waals surface area contributed by atoms with Gasteiger partial charge in [0.25, 0.3) is 5.91 Å². The summed E-state index contributed by atoms with van der Waals surface area (Å²) in [4.78, 5) is 13.4. The first-order chi connectivity index (χ1) is 10.9. The first-order valence-corrected chi connectivity index (χ1v) is 8.50. The third-order valence-electron chi connectivity index (χ3n) is 3.84. The van der Waals surface area contributed by atoms with Crippen molar-refractivity contribution in [2.45, 2.75) is 27.2 Å². The van der Waals surface area contributed by atoms with E-state index in [4.69, 9.17) is 11.6 Å². The molecule has 23 heavy (non-hydrogen) atoms. The van der Waals surface area contributed by atoms with Crippen molar-refractivity contribution >= 4 is 38.9 Å². The van der Waals surface area contributed by atoms with Crippen molar-refractivity contribution in [3.63, 3.8) is 0 Å². The summed E-state index contributed by atoms with van der Waals surface area (Å²) in [5.74, 6) is -0.176. The van der Waals surface area contributed by atoms with Crippen molar-refractivity contribution in [3.8, 4) is 0 Å². The fraction of sp³-hybridized carbons (Fsp3) is 0.222. The van der Waals surface area contributed by atoms with Gasteiger partial charge in [-0.1, -0.05) is 42.0 Å². The summed E-state index contributed by atoms with van der Waals surface area (Å²) in [7, 11) is 0. The summed E-state index contributed by atoms with van der Waals surface area (Å²) < 4.78 is 2.47. The normalized spacial score (nSPS) is 11.1. The molecule has 1 aromatic carbocycles. The van der Waals surface area contributed by atoms with Crippen LogP contribution in [-0.2, 0) is 6.42 Å². The molecule has 0 aliphatic carbocycles. The Labute approximate surface area is 144 Å². The van der Waals surface area contributed by atoms with Crippen LogP contribution in [0.1, 0.15) is 33.5 Å². The summed E-state index contributed by atoms with van der Waals surface area (Å²) >= 11 is 7.82. The molecule has 0 bridgehead atoms. The van der Waals surface area contributed by atoms with Gasteiger partial charge in [-0.15, -0.1) is 11.3 Å².